The van der Waals surface area contributed by atoms with Crippen LogP contribution in [0, 0.1) is 0 Å². The van der Waals surface area contributed by atoms with Crippen LogP contribution >= 0.6 is 0 Å². The molecule has 1 heterocycles. The standard InChI is InChI=1S/C10H13NO3S/c1-15(12,13)14-10-7-11(8-10)9-5-3-2-4-6-9/h2-6,10H,7-8H2,1H3. The zero-order valence-electron chi connectivity index (χ0n) is 8.46. The predicted molar refractivity (Wildman–Crippen MR) is 58.4 cm³/mol. The molecule has 1 aliphatic rings. The summed E-state index contributed by atoms with van der Waals surface area (Å²) >= 11 is 0. The van der Waals surface area contributed by atoms with Crippen molar-refractivity contribution in [3.05, 3.63) is 30.3 Å². The van der Waals surface area contributed by atoms with Gasteiger partial charge in [0, 0.05) is 18.8 Å². The van der Waals surface area contributed by atoms with Crippen LogP contribution in [-0.4, -0.2) is 33.9 Å². The van der Waals surface area contributed by atoms with Crippen molar-refractivity contribution in [1.29, 1.82) is 0 Å². The van der Waals surface area contributed by atoms with Crippen molar-refractivity contribution in [2.45, 2.75) is 6.10 Å². The highest BCUT2D eigenvalue weighted by Crippen LogP contribution is 2.22. The molecule has 0 aromatic heterocycles. The fourth-order valence-electron chi connectivity index (χ4n) is 1.60. The number of rotatable bonds is 3. The second kappa shape index (κ2) is 3.83. The Bertz CT molecular complexity index is 423. The molecule has 1 aliphatic heterocycles. The van der Waals surface area contributed by atoms with Gasteiger partial charge in [0.15, 0.2) is 0 Å². The second-order valence-corrected chi connectivity index (χ2v) is 5.26. The summed E-state index contributed by atoms with van der Waals surface area (Å²) in [6, 6.07) is 9.86. The van der Waals surface area contributed by atoms with Gasteiger partial charge in [0.2, 0.25) is 0 Å². The van der Waals surface area contributed by atoms with Crippen LogP contribution < -0.4 is 4.90 Å². The number of nitrogens with zero attached hydrogens (tertiary/aromatic N) is 1. The first kappa shape index (κ1) is 10.4. The van der Waals surface area contributed by atoms with E-state index >= 15 is 0 Å². The van der Waals surface area contributed by atoms with Crippen molar-refractivity contribution >= 4 is 15.8 Å². The fraction of sp³-hybridized carbons (Fsp3) is 0.400. The van der Waals surface area contributed by atoms with Crippen LogP contribution in [-0.2, 0) is 14.3 Å². The van der Waals surface area contributed by atoms with Gasteiger partial charge in [0.25, 0.3) is 10.1 Å². The summed E-state index contributed by atoms with van der Waals surface area (Å²) in [5.74, 6) is 0. The van der Waals surface area contributed by atoms with Gasteiger partial charge >= 0.3 is 0 Å². The summed E-state index contributed by atoms with van der Waals surface area (Å²) in [6.45, 7) is 1.27. The monoisotopic (exact) mass is 227 g/mol. The Morgan fingerprint density at radius 2 is 1.87 bits per heavy atom. The van der Waals surface area contributed by atoms with Crippen molar-refractivity contribution < 1.29 is 12.6 Å². The molecular formula is C10H13NO3S. The number of hydrogen-bond acceptors (Lipinski definition) is 4. The highest BCUT2D eigenvalue weighted by Gasteiger charge is 2.30. The van der Waals surface area contributed by atoms with Gasteiger partial charge < -0.3 is 4.90 Å². The summed E-state index contributed by atoms with van der Waals surface area (Å²) in [5, 5.41) is 0. The van der Waals surface area contributed by atoms with Crippen molar-refractivity contribution in [2.24, 2.45) is 0 Å². The van der Waals surface area contributed by atoms with Gasteiger partial charge in [-0.3, -0.25) is 4.18 Å². The summed E-state index contributed by atoms with van der Waals surface area (Å²) in [6.07, 6.45) is 0.887. The molecule has 15 heavy (non-hydrogen) atoms. The molecule has 0 spiro atoms. The van der Waals surface area contributed by atoms with E-state index in [4.69, 9.17) is 4.18 Å². The Labute approximate surface area is 89.6 Å². The van der Waals surface area contributed by atoms with Crippen molar-refractivity contribution in [2.75, 3.05) is 24.2 Å². The lowest BCUT2D eigenvalue weighted by Gasteiger charge is -2.39. The predicted octanol–water partition coefficient (Wildman–Crippen LogP) is 0.851. The molecule has 1 aromatic rings. The summed E-state index contributed by atoms with van der Waals surface area (Å²) in [5.41, 5.74) is 1.10. The topological polar surface area (TPSA) is 46.6 Å². The van der Waals surface area contributed by atoms with Gasteiger partial charge in [0.05, 0.1) is 6.26 Å². The minimum Gasteiger partial charge on any atom is -0.366 e. The van der Waals surface area contributed by atoms with Crippen LogP contribution in [0.3, 0.4) is 0 Å². The van der Waals surface area contributed by atoms with Gasteiger partial charge in [0.1, 0.15) is 6.10 Å². The number of hydrogen-bond donors (Lipinski definition) is 0. The molecule has 2 rings (SSSR count). The van der Waals surface area contributed by atoms with Crippen LogP contribution in [0.4, 0.5) is 5.69 Å². The molecule has 1 aromatic carbocycles. The molecule has 1 saturated heterocycles. The number of para-hydroxylation sites is 1. The summed E-state index contributed by atoms with van der Waals surface area (Å²) < 4.78 is 26.5. The van der Waals surface area contributed by atoms with Crippen LogP contribution in [0.1, 0.15) is 0 Å². The molecule has 0 radical (unpaired) electrons. The molecule has 0 saturated carbocycles. The zero-order valence-corrected chi connectivity index (χ0v) is 9.28. The lowest BCUT2D eigenvalue weighted by molar-refractivity contribution is 0.177. The highest BCUT2D eigenvalue weighted by atomic mass is 32.2. The van der Waals surface area contributed by atoms with Crippen molar-refractivity contribution in [1.82, 2.24) is 0 Å². The Morgan fingerprint density at radius 3 is 2.40 bits per heavy atom. The van der Waals surface area contributed by atoms with E-state index in [1.807, 2.05) is 30.3 Å². The zero-order chi connectivity index (χ0) is 10.9. The second-order valence-electron chi connectivity index (χ2n) is 3.66. The molecule has 0 bridgehead atoms. The van der Waals surface area contributed by atoms with E-state index in [2.05, 4.69) is 4.90 Å². The maximum Gasteiger partial charge on any atom is 0.264 e. The largest absolute Gasteiger partial charge is 0.366 e. The maximum atomic E-state index is 10.8. The van der Waals surface area contributed by atoms with Gasteiger partial charge in [-0.1, -0.05) is 18.2 Å². The molecule has 1 fully saturated rings. The van der Waals surface area contributed by atoms with Crippen LogP contribution in [0.25, 0.3) is 0 Å². The molecule has 0 aliphatic carbocycles. The lowest BCUT2D eigenvalue weighted by atomic mass is 10.1. The van der Waals surface area contributed by atoms with Gasteiger partial charge in [-0.2, -0.15) is 8.42 Å². The van der Waals surface area contributed by atoms with Gasteiger partial charge in [-0.25, -0.2) is 0 Å². The lowest BCUT2D eigenvalue weighted by Crippen LogP contribution is -2.52. The molecule has 5 heteroatoms. The van der Waals surface area contributed by atoms with Gasteiger partial charge in [-0.05, 0) is 12.1 Å². The van der Waals surface area contributed by atoms with Crippen LogP contribution in [0.15, 0.2) is 30.3 Å². The Hall–Kier alpha value is -1.07. The first-order valence-electron chi connectivity index (χ1n) is 4.73. The Kier molecular flexibility index (Phi) is 2.67. The first-order chi connectivity index (χ1) is 7.04. The fourth-order valence-corrected chi connectivity index (χ4v) is 2.21. The molecule has 0 N–H and O–H groups in total. The minimum atomic E-state index is -3.32. The Balaban J connectivity index is 1.89. The third-order valence-electron chi connectivity index (χ3n) is 2.28. The van der Waals surface area contributed by atoms with E-state index in [0.717, 1.165) is 11.9 Å². The third kappa shape index (κ3) is 2.70. The van der Waals surface area contributed by atoms with Crippen LogP contribution in [0.5, 0.6) is 0 Å². The summed E-state index contributed by atoms with van der Waals surface area (Å²) in [7, 11) is -3.32. The van der Waals surface area contributed by atoms with Crippen molar-refractivity contribution in [3.8, 4) is 0 Å². The normalized spacial score (nSPS) is 17.5. The highest BCUT2D eigenvalue weighted by molar-refractivity contribution is 7.86. The Morgan fingerprint density at radius 1 is 1.27 bits per heavy atom. The number of benzene rings is 1. The molecule has 4 nitrogen and oxygen atoms in total. The quantitative estimate of drug-likeness (QED) is 0.718. The van der Waals surface area contributed by atoms with Crippen molar-refractivity contribution in [3.63, 3.8) is 0 Å². The molecule has 0 unspecified atom stereocenters. The van der Waals surface area contributed by atoms with E-state index < -0.39 is 10.1 Å². The maximum absolute atomic E-state index is 10.8. The van der Waals surface area contributed by atoms with E-state index in [1.165, 1.54) is 0 Å². The number of anilines is 1. The third-order valence-corrected chi connectivity index (χ3v) is 2.90. The van der Waals surface area contributed by atoms with E-state index in [9.17, 15) is 8.42 Å². The minimum absolute atomic E-state index is 0.194. The molecule has 0 amide bonds. The molecule has 82 valence electrons. The average Bonchev–Trinajstić information content (AvgIpc) is 2.11. The van der Waals surface area contributed by atoms with E-state index in [-0.39, 0.29) is 6.10 Å². The molecular weight excluding hydrogens is 214 g/mol. The SMILES string of the molecule is CS(=O)(=O)OC1CN(c2ccccc2)C1. The molecule has 0 atom stereocenters. The summed E-state index contributed by atoms with van der Waals surface area (Å²) in [4.78, 5) is 2.08. The van der Waals surface area contributed by atoms with E-state index in [0.29, 0.717) is 13.1 Å². The van der Waals surface area contributed by atoms with Gasteiger partial charge in [-0.15, -0.1) is 0 Å². The average molecular weight is 227 g/mol. The smallest absolute Gasteiger partial charge is 0.264 e. The van der Waals surface area contributed by atoms with Crippen LogP contribution in [0.2, 0.25) is 0 Å². The van der Waals surface area contributed by atoms with E-state index in [1.54, 1.807) is 0 Å². The first-order valence-corrected chi connectivity index (χ1v) is 6.54.